The Hall–Kier alpha value is -2.40. The van der Waals surface area contributed by atoms with Gasteiger partial charge in [0.1, 0.15) is 5.82 Å². The molecule has 24 heavy (non-hydrogen) atoms. The van der Waals surface area contributed by atoms with Crippen LogP contribution in [-0.2, 0) is 0 Å². The maximum absolute atomic E-state index is 13.6. The Morgan fingerprint density at radius 3 is 2.33 bits per heavy atom. The van der Waals surface area contributed by atoms with Crippen LogP contribution in [0.1, 0.15) is 17.3 Å². The van der Waals surface area contributed by atoms with Gasteiger partial charge >= 0.3 is 0 Å². The first-order chi connectivity index (χ1) is 11.7. The largest absolute Gasteiger partial charge is 0.369 e. The first-order valence-corrected chi connectivity index (χ1v) is 8.30. The Morgan fingerprint density at radius 1 is 1.04 bits per heavy atom. The van der Waals surface area contributed by atoms with E-state index >= 15 is 0 Å². The van der Waals surface area contributed by atoms with E-state index in [1.54, 1.807) is 12.1 Å². The van der Waals surface area contributed by atoms with E-state index in [9.17, 15) is 9.18 Å². The Kier molecular flexibility index (Phi) is 5.11. The Morgan fingerprint density at radius 2 is 1.71 bits per heavy atom. The van der Waals surface area contributed by atoms with E-state index in [1.165, 1.54) is 12.1 Å². The molecule has 126 valence electrons. The number of carbonyl (C=O) groups is 1. The van der Waals surface area contributed by atoms with Gasteiger partial charge in [0.25, 0.3) is 5.91 Å². The smallest absolute Gasteiger partial charge is 0.258 e. The number of hydrogen-bond donors (Lipinski definition) is 1. The summed E-state index contributed by atoms with van der Waals surface area (Å²) < 4.78 is 13.6. The highest BCUT2D eigenvalue weighted by Gasteiger charge is 2.16. The summed E-state index contributed by atoms with van der Waals surface area (Å²) in [5, 5.41) is 2.74. The summed E-state index contributed by atoms with van der Waals surface area (Å²) in [6, 6.07) is 13.7. The standard InChI is InChI=1S/C19H22FN3O/c1-2-22-11-13-23(14-12-22)16-9-7-15(8-10-16)21-19(24)17-5-3-4-6-18(17)20/h3-10H,2,11-14H2,1H3,(H,21,24). The van der Waals surface area contributed by atoms with Crippen LogP contribution in [0.2, 0.25) is 0 Å². The SMILES string of the molecule is CCN1CCN(c2ccc(NC(=O)c3ccccc3F)cc2)CC1. The molecule has 1 heterocycles. The summed E-state index contributed by atoms with van der Waals surface area (Å²) in [4.78, 5) is 16.9. The number of benzene rings is 2. The molecule has 1 amide bonds. The normalized spacial score (nSPS) is 15.3. The fourth-order valence-corrected chi connectivity index (χ4v) is 2.92. The minimum atomic E-state index is -0.514. The van der Waals surface area contributed by atoms with Crippen molar-refractivity contribution in [1.29, 1.82) is 0 Å². The molecule has 2 aromatic carbocycles. The average Bonchev–Trinajstić information content (AvgIpc) is 2.63. The van der Waals surface area contributed by atoms with Gasteiger partial charge in [0, 0.05) is 37.6 Å². The van der Waals surface area contributed by atoms with Crippen molar-refractivity contribution in [3.63, 3.8) is 0 Å². The molecule has 0 bridgehead atoms. The van der Waals surface area contributed by atoms with Gasteiger partial charge in [-0.25, -0.2) is 4.39 Å². The van der Waals surface area contributed by atoms with Gasteiger partial charge in [-0.2, -0.15) is 0 Å². The molecule has 0 saturated carbocycles. The maximum atomic E-state index is 13.6. The van der Waals surface area contributed by atoms with Crippen LogP contribution in [0.4, 0.5) is 15.8 Å². The number of likely N-dealkylation sites (N-methyl/N-ethyl adjacent to an activating group) is 1. The van der Waals surface area contributed by atoms with Gasteiger partial charge in [-0.05, 0) is 42.9 Å². The van der Waals surface area contributed by atoms with Crippen LogP contribution in [0.25, 0.3) is 0 Å². The van der Waals surface area contributed by atoms with Crippen molar-refractivity contribution in [2.45, 2.75) is 6.92 Å². The third kappa shape index (κ3) is 3.74. The van der Waals surface area contributed by atoms with Crippen LogP contribution in [0.3, 0.4) is 0 Å². The quantitative estimate of drug-likeness (QED) is 0.936. The Balaban J connectivity index is 1.63. The van der Waals surface area contributed by atoms with Crippen molar-refractivity contribution in [3.8, 4) is 0 Å². The number of piperazine rings is 1. The zero-order valence-corrected chi connectivity index (χ0v) is 13.8. The molecule has 0 atom stereocenters. The maximum Gasteiger partial charge on any atom is 0.258 e. The Labute approximate surface area is 141 Å². The molecule has 0 radical (unpaired) electrons. The second-order valence-electron chi connectivity index (χ2n) is 5.90. The molecule has 1 aliphatic heterocycles. The lowest BCUT2D eigenvalue weighted by atomic mass is 10.2. The summed E-state index contributed by atoms with van der Waals surface area (Å²) in [7, 11) is 0. The summed E-state index contributed by atoms with van der Waals surface area (Å²) in [6.07, 6.45) is 0. The van der Waals surface area contributed by atoms with E-state index in [4.69, 9.17) is 0 Å². The highest BCUT2D eigenvalue weighted by atomic mass is 19.1. The van der Waals surface area contributed by atoms with Gasteiger partial charge in [-0.3, -0.25) is 4.79 Å². The van der Waals surface area contributed by atoms with Crippen LogP contribution in [-0.4, -0.2) is 43.5 Å². The molecule has 1 saturated heterocycles. The molecule has 2 aromatic rings. The molecular weight excluding hydrogens is 305 g/mol. The molecule has 0 aliphatic carbocycles. The summed E-state index contributed by atoms with van der Waals surface area (Å²) in [5.74, 6) is -0.946. The highest BCUT2D eigenvalue weighted by molar-refractivity contribution is 6.04. The zero-order valence-electron chi connectivity index (χ0n) is 13.8. The van der Waals surface area contributed by atoms with Crippen molar-refractivity contribution < 1.29 is 9.18 Å². The monoisotopic (exact) mass is 327 g/mol. The van der Waals surface area contributed by atoms with Crippen molar-refractivity contribution >= 4 is 17.3 Å². The number of amides is 1. The van der Waals surface area contributed by atoms with Crippen LogP contribution < -0.4 is 10.2 Å². The fourth-order valence-electron chi connectivity index (χ4n) is 2.92. The van der Waals surface area contributed by atoms with Crippen molar-refractivity contribution in [2.75, 3.05) is 42.9 Å². The molecule has 1 N–H and O–H groups in total. The number of nitrogens with one attached hydrogen (secondary N) is 1. The van der Waals surface area contributed by atoms with Gasteiger partial charge in [0.15, 0.2) is 0 Å². The molecule has 4 nitrogen and oxygen atoms in total. The van der Waals surface area contributed by atoms with Crippen molar-refractivity contribution in [1.82, 2.24) is 4.90 Å². The first kappa shape index (κ1) is 16.5. The van der Waals surface area contributed by atoms with Crippen LogP contribution in [0, 0.1) is 5.82 Å². The second kappa shape index (κ2) is 7.45. The number of halogens is 1. The molecule has 0 spiro atoms. The molecular formula is C19H22FN3O. The average molecular weight is 327 g/mol. The fraction of sp³-hybridized carbons (Fsp3) is 0.316. The predicted molar refractivity (Wildman–Crippen MR) is 95.1 cm³/mol. The van der Waals surface area contributed by atoms with E-state index in [1.807, 2.05) is 24.3 Å². The topological polar surface area (TPSA) is 35.6 Å². The second-order valence-corrected chi connectivity index (χ2v) is 5.90. The molecule has 0 aromatic heterocycles. The van der Waals surface area contributed by atoms with Crippen LogP contribution in [0.5, 0.6) is 0 Å². The zero-order chi connectivity index (χ0) is 16.9. The molecule has 1 fully saturated rings. The number of hydrogen-bond acceptors (Lipinski definition) is 3. The van der Waals surface area contributed by atoms with Gasteiger partial charge in [-0.15, -0.1) is 0 Å². The molecule has 0 unspecified atom stereocenters. The lowest BCUT2D eigenvalue weighted by Gasteiger charge is -2.35. The minimum absolute atomic E-state index is 0.0530. The van der Waals surface area contributed by atoms with E-state index in [0.717, 1.165) is 38.4 Å². The third-order valence-electron chi connectivity index (χ3n) is 4.43. The third-order valence-corrected chi connectivity index (χ3v) is 4.43. The number of nitrogens with zero attached hydrogens (tertiary/aromatic N) is 2. The molecule has 3 rings (SSSR count). The van der Waals surface area contributed by atoms with E-state index < -0.39 is 11.7 Å². The number of anilines is 2. The van der Waals surface area contributed by atoms with Gasteiger partial charge < -0.3 is 15.1 Å². The highest BCUT2D eigenvalue weighted by Crippen LogP contribution is 2.20. The number of rotatable bonds is 4. The summed E-state index contributed by atoms with van der Waals surface area (Å²) in [6.45, 7) is 7.44. The van der Waals surface area contributed by atoms with E-state index in [2.05, 4.69) is 22.0 Å². The predicted octanol–water partition coefficient (Wildman–Crippen LogP) is 3.22. The summed E-state index contributed by atoms with van der Waals surface area (Å²) in [5.41, 5.74) is 1.87. The first-order valence-electron chi connectivity index (χ1n) is 8.30. The number of carbonyl (C=O) groups excluding carboxylic acids is 1. The van der Waals surface area contributed by atoms with Crippen LogP contribution in [0.15, 0.2) is 48.5 Å². The molecule has 5 heteroatoms. The van der Waals surface area contributed by atoms with Gasteiger partial charge in [0.2, 0.25) is 0 Å². The summed E-state index contributed by atoms with van der Waals surface area (Å²) >= 11 is 0. The van der Waals surface area contributed by atoms with Crippen molar-refractivity contribution in [2.24, 2.45) is 0 Å². The van der Waals surface area contributed by atoms with E-state index in [-0.39, 0.29) is 5.56 Å². The Bertz CT molecular complexity index is 694. The van der Waals surface area contributed by atoms with Gasteiger partial charge in [-0.1, -0.05) is 19.1 Å². The van der Waals surface area contributed by atoms with Crippen LogP contribution >= 0.6 is 0 Å². The lowest BCUT2D eigenvalue weighted by Crippen LogP contribution is -2.46. The minimum Gasteiger partial charge on any atom is -0.369 e. The molecule has 1 aliphatic rings. The van der Waals surface area contributed by atoms with Crippen molar-refractivity contribution in [3.05, 3.63) is 59.9 Å². The lowest BCUT2D eigenvalue weighted by molar-refractivity contribution is 0.102. The van der Waals surface area contributed by atoms with Gasteiger partial charge in [0.05, 0.1) is 5.56 Å². The van der Waals surface area contributed by atoms with E-state index in [0.29, 0.717) is 5.69 Å².